The lowest BCUT2D eigenvalue weighted by Crippen LogP contribution is -2.18. The highest BCUT2D eigenvalue weighted by atomic mass is 32.1. The van der Waals surface area contributed by atoms with Gasteiger partial charge in [-0.05, 0) is 18.4 Å². The van der Waals surface area contributed by atoms with Gasteiger partial charge < -0.3 is 4.90 Å². The first-order chi connectivity index (χ1) is 5.70. The maximum Gasteiger partial charge on any atom is 0.0956 e. The van der Waals surface area contributed by atoms with Crippen LogP contribution in [0.15, 0.2) is 22.5 Å². The maximum absolute atomic E-state index is 4.42. The van der Waals surface area contributed by atoms with E-state index in [1.165, 1.54) is 4.88 Å². The zero-order valence-corrected chi connectivity index (χ0v) is 8.56. The van der Waals surface area contributed by atoms with E-state index in [1.54, 1.807) is 11.3 Å². The molecule has 1 rings (SSSR count). The van der Waals surface area contributed by atoms with Crippen molar-refractivity contribution in [1.29, 1.82) is 0 Å². The Balaban J connectivity index is 2.49. The molecule has 0 aromatic carbocycles. The Morgan fingerprint density at radius 1 is 1.58 bits per heavy atom. The summed E-state index contributed by atoms with van der Waals surface area (Å²) in [7, 11) is 4.01. The summed E-state index contributed by atoms with van der Waals surface area (Å²) in [6.07, 6.45) is 0. The largest absolute Gasteiger partial charge is 0.367 e. The Bertz CT molecular complexity index is 250. The summed E-state index contributed by atoms with van der Waals surface area (Å²) < 4.78 is 0. The fourth-order valence-corrected chi connectivity index (χ4v) is 1.36. The predicted molar refractivity (Wildman–Crippen MR) is 54.8 cm³/mol. The molecule has 12 heavy (non-hydrogen) atoms. The van der Waals surface area contributed by atoms with Crippen molar-refractivity contribution in [2.75, 3.05) is 14.1 Å². The first kappa shape index (κ1) is 9.26. The van der Waals surface area contributed by atoms with Gasteiger partial charge in [-0.3, -0.25) is 4.99 Å². The number of amidine groups is 1. The van der Waals surface area contributed by atoms with Crippen molar-refractivity contribution in [2.45, 2.75) is 13.5 Å². The maximum atomic E-state index is 4.42. The fraction of sp³-hybridized carbons (Fsp3) is 0.444. The van der Waals surface area contributed by atoms with Crippen LogP contribution in [0.1, 0.15) is 11.8 Å². The number of hydrogen-bond acceptors (Lipinski definition) is 2. The van der Waals surface area contributed by atoms with Gasteiger partial charge in [0.1, 0.15) is 0 Å². The average molecular weight is 182 g/mol. The Hall–Kier alpha value is -0.830. The van der Waals surface area contributed by atoms with Crippen LogP contribution < -0.4 is 0 Å². The predicted octanol–water partition coefficient (Wildman–Crippen LogP) is 2.23. The zero-order valence-electron chi connectivity index (χ0n) is 7.74. The van der Waals surface area contributed by atoms with Crippen LogP contribution in [-0.4, -0.2) is 24.8 Å². The number of rotatable bonds is 2. The molecule has 1 heterocycles. The molecule has 0 saturated carbocycles. The molecule has 0 aliphatic rings. The standard InChI is InChI=1S/C9H14N2S/c1-8(11(2)3)10-7-9-5-4-6-12-9/h4-6H,7H2,1-3H3. The quantitative estimate of drug-likeness (QED) is 0.506. The second kappa shape index (κ2) is 4.26. The minimum atomic E-state index is 0.807. The van der Waals surface area contributed by atoms with Crippen molar-refractivity contribution in [2.24, 2.45) is 4.99 Å². The molecular weight excluding hydrogens is 168 g/mol. The monoisotopic (exact) mass is 182 g/mol. The molecule has 0 atom stereocenters. The first-order valence-electron chi connectivity index (χ1n) is 3.91. The van der Waals surface area contributed by atoms with E-state index in [4.69, 9.17) is 0 Å². The molecule has 1 aromatic heterocycles. The summed E-state index contributed by atoms with van der Waals surface area (Å²) in [4.78, 5) is 7.76. The third-order valence-electron chi connectivity index (χ3n) is 1.69. The highest BCUT2D eigenvalue weighted by molar-refractivity contribution is 7.09. The van der Waals surface area contributed by atoms with Crippen molar-refractivity contribution < 1.29 is 0 Å². The molecule has 1 aromatic rings. The Morgan fingerprint density at radius 2 is 2.33 bits per heavy atom. The lowest BCUT2D eigenvalue weighted by atomic mass is 10.5. The van der Waals surface area contributed by atoms with Gasteiger partial charge in [-0.2, -0.15) is 0 Å². The van der Waals surface area contributed by atoms with Crippen molar-refractivity contribution in [3.05, 3.63) is 22.4 Å². The average Bonchev–Trinajstić information content (AvgIpc) is 2.51. The van der Waals surface area contributed by atoms with Crippen LogP contribution >= 0.6 is 11.3 Å². The molecule has 3 heteroatoms. The van der Waals surface area contributed by atoms with E-state index in [0.29, 0.717) is 0 Å². The van der Waals surface area contributed by atoms with Gasteiger partial charge in [0.25, 0.3) is 0 Å². The number of thiophene rings is 1. The lowest BCUT2D eigenvalue weighted by Gasteiger charge is -2.10. The van der Waals surface area contributed by atoms with E-state index >= 15 is 0 Å². The Labute approximate surface area is 77.6 Å². The summed E-state index contributed by atoms with van der Waals surface area (Å²) in [6.45, 7) is 2.83. The van der Waals surface area contributed by atoms with Gasteiger partial charge in [-0.1, -0.05) is 6.07 Å². The molecule has 0 N–H and O–H groups in total. The first-order valence-corrected chi connectivity index (χ1v) is 4.79. The summed E-state index contributed by atoms with van der Waals surface area (Å²) in [5, 5.41) is 2.08. The lowest BCUT2D eigenvalue weighted by molar-refractivity contribution is 0.613. The van der Waals surface area contributed by atoms with E-state index in [1.807, 2.05) is 25.9 Å². The highest BCUT2D eigenvalue weighted by Gasteiger charge is 1.93. The molecule has 0 amide bonds. The minimum absolute atomic E-state index is 0.807. The summed E-state index contributed by atoms with van der Waals surface area (Å²) in [6, 6.07) is 4.16. The molecule has 66 valence electrons. The Morgan fingerprint density at radius 3 is 2.83 bits per heavy atom. The summed E-state index contributed by atoms with van der Waals surface area (Å²) in [5.41, 5.74) is 0. The third kappa shape index (κ3) is 2.66. The molecule has 0 aliphatic carbocycles. The smallest absolute Gasteiger partial charge is 0.0956 e. The fourth-order valence-electron chi connectivity index (χ4n) is 0.736. The molecule has 2 nitrogen and oxygen atoms in total. The highest BCUT2D eigenvalue weighted by Crippen LogP contribution is 2.09. The number of nitrogens with zero attached hydrogens (tertiary/aromatic N) is 2. The van der Waals surface area contributed by atoms with Crippen LogP contribution in [0.4, 0.5) is 0 Å². The van der Waals surface area contributed by atoms with Crippen LogP contribution in [0.5, 0.6) is 0 Å². The van der Waals surface area contributed by atoms with Crippen molar-refractivity contribution in [1.82, 2.24) is 4.90 Å². The SMILES string of the molecule is CC(=NCc1cccs1)N(C)C. The zero-order chi connectivity index (χ0) is 8.97. The van der Waals surface area contributed by atoms with E-state index in [2.05, 4.69) is 22.5 Å². The van der Waals surface area contributed by atoms with Crippen LogP contribution in [0.25, 0.3) is 0 Å². The van der Waals surface area contributed by atoms with E-state index in [-0.39, 0.29) is 0 Å². The molecule has 0 bridgehead atoms. The van der Waals surface area contributed by atoms with Gasteiger partial charge in [-0.15, -0.1) is 11.3 Å². The normalized spacial score (nSPS) is 11.8. The van der Waals surface area contributed by atoms with Gasteiger partial charge in [0, 0.05) is 19.0 Å². The van der Waals surface area contributed by atoms with Crippen LogP contribution in [0.2, 0.25) is 0 Å². The van der Waals surface area contributed by atoms with E-state index < -0.39 is 0 Å². The second-order valence-electron chi connectivity index (χ2n) is 2.84. The van der Waals surface area contributed by atoms with Gasteiger partial charge >= 0.3 is 0 Å². The number of aliphatic imine (C=N–C) groups is 1. The molecule has 0 unspecified atom stereocenters. The second-order valence-corrected chi connectivity index (χ2v) is 3.87. The van der Waals surface area contributed by atoms with Gasteiger partial charge in [0.05, 0.1) is 12.4 Å². The molecule has 0 fully saturated rings. The molecular formula is C9H14N2S. The van der Waals surface area contributed by atoms with E-state index in [0.717, 1.165) is 12.4 Å². The van der Waals surface area contributed by atoms with E-state index in [9.17, 15) is 0 Å². The molecule has 0 saturated heterocycles. The van der Waals surface area contributed by atoms with Crippen LogP contribution in [0, 0.1) is 0 Å². The Kier molecular flexibility index (Phi) is 3.29. The number of hydrogen-bond donors (Lipinski definition) is 0. The molecule has 0 radical (unpaired) electrons. The van der Waals surface area contributed by atoms with Crippen molar-refractivity contribution >= 4 is 17.2 Å². The van der Waals surface area contributed by atoms with Gasteiger partial charge in [0.15, 0.2) is 0 Å². The topological polar surface area (TPSA) is 15.6 Å². The molecule has 0 aliphatic heterocycles. The summed E-state index contributed by atoms with van der Waals surface area (Å²) in [5.74, 6) is 1.07. The van der Waals surface area contributed by atoms with Gasteiger partial charge in [-0.25, -0.2) is 0 Å². The van der Waals surface area contributed by atoms with Gasteiger partial charge in [0.2, 0.25) is 0 Å². The van der Waals surface area contributed by atoms with Crippen molar-refractivity contribution in [3.8, 4) is 0 Å². The van der Waals surface area contributed by atoms with Crippen LogP contribution in [-0.2, 0) is 6.54 Å². The summed E-state index contributed by atoms with van der Waals surface area (Å²) >= 11 is 1.75. The third-order valence-corrected chi connectivity index (χ3v) is 2.55. The van der Waals surface area contributed by atoms with Crippen molar-refractivity contribution in [3.63, 3.8) is 0 Å². The van der Waals surface area contributed by atoms with Crippen LogP contribution in [0.3, 0.4) is 0 Å². The minimum Gasteiger partial charge on any atom is -0.367 e. The molecule has 0 spiro atoms.